The third-order valence-electron chi connectivity index (χ3n) is 3.34. The van der Waals surface area contributed by atoms with Gasteiger partial charge in [0.2, 0.25) is 0 Å². The quantitative estimate of drug-likeness (QED) is 0.722. The first-order valence-electron chi connectivity index (χ1n) is 6.61. The van der Waals surface area contributed by atoms with E-state index in [1.54, 1.807) is 0 Å². The van der Waals surface area contributed by atoms with Gasteiger partial charge in [0.25, 0.3) is 0 Å². The molecule has 0 unspecified atom stereocenters. The SMILES string of the molecule is C=C(C)c1ccc(/C=C/c2n[nH]c3ccccc23)cc1. The molecule has 20 heavy (non-hydrogen) atoms. The van der Waals surface area contributed by atoms with Crippen molar-refractivity contribution < 1.29 is 0 Å². The molecular weight excluding hydrogens is 244 g/mol. The largest absolute Gasteiger partial charge is 0.277 e. The van der Waals surface area contributed by atoms with Gasteiger partial charge in [-0.25, -0.2) is 0 Å². The first-order chi connectivity index (χ1) is 9.74. The summed E-state index contributed by atoms with van der Waals surface area (Å²) in [5, 5.41) is 8.51. The van der Waals surface area contributed by atoms with E-state index in [4.69, 9.17) is 0 Å². The molecule has 3 aromatic rings. The van der Waals surface area contributed by atoms with Crippen molar-refractivity contribution in [2.75, 3.05) is 0 Å². The van der Waals surface area contributed by atoms with Gasteiger partial charge in [0.1, 0.15) is 0 Å². The van der Waals surface area contributed by atoms with Gasteiger partial charge in [-0.05, 0) is 30.2 Å². The molecule has 0 saturated carbocycles. The summed E-state index contributed by atoms with van der Waals surface area (Å²) < 4.78 is 0. The molecule has 0 spiro atoms. The second-order valence-electron chi connectivity index (χ2n) is 4.89. The highest BCUT2D eigenvalue weighted by Gasteiger charge is 2.00. The summed E-state index contributed by atoms with van der Waals surface area (Å²) in [5.41, 5.74) is 5.43. The fraction of sp³-hybridized carbons (Fsp3) is 0.0556. The smallest absolute Gasteiger partial charge is 0.0927 e. The Labute approximate surface area is 118 Å². The molecule has 3 rings (SSSR count). The molecule has 0 aliphatic carbocycles. The third kappa shape index (κ3) is 2.41. The number of fused-ring (bicyclic) bond motifs is 1. The Morgan fingerprint density at radius 3 is 2.55 bits per heavy atom. The van der Waals surface area contributed by atoms with E-state index in [1.165, 1.54) is 5.56 Å². The normalized spacial score (nSPS) is 11.2. The topological polar surface area (TPSA) is 28.7 Å². The molecule has 98 valence electrons. The van der Waals surface area contributed by atoms with Crippen LogP contribution in [0.5, 0.6) is 0 Å². The van der Waals surface area contributed by atoms with E-state index in [2.05, 4.69) is 53.2 Å². The van der Waals surface area contributed by atoms with Crippen LogP contribution in [-0.4, -0.2) is 10.2 Å². The summed E-state index contributed by atoms with van der Waals surface area (Å²) in [4.78, 5) is 0. The molecule has 2 nitrogen and oxygen atoms in total. The number of nitrogens with zero attached hydrogens (tertiary/aromatic N) is 1. The maximum Gasteiger partial charge on any atom is 0.0927 e. The van der Waals surface area contributed by atoms with Gasteiger partial charge < -0.3 is 0 Å². The number of aromatic nitrogens is 2. The van der Waals surface area contributed by atoms with E-state index in [0.717, 1.165) is 27.7 Å². The van der Waals surface area contributed by atoms with Gasteiger partial charge in [0.05, 0.1) is 11.2 Å². The lowest BCUT2D eigenvalue weighted by Crippen LogP contribution is -1.78. The molecule has 2 heteroatoms. The van der Waals surface area contributed by atoms with E-state index in [9.17, 15) is 0 Å². The molecule has 0 saturated heterocycles. The maximum absolute atomic E-state index is 4.33. The number of H-pyrrole nitrogens is 1. The number of para-hydroxylation sites is 1. The van der Waals surface area contributed by atoms with Crippen molar-refractivity contribution in [1.29, 1.82) is 0 Å². The van der Waals surface area contributed by atoms with Crippen LogP contribution < -0.4 is 0 Å². The van der Waals surface area contributed by atoms with Crippen LogP contribution >= 0.6 is 0 Å². The van der Waals surface area contributed by atoms with Gasteiger partial charge in [-0.15, -0.1) is 0 Å². The summed E-state index contributed by atoms with van der Waals surface area (Å²) in [6.45, 7) is 5.96. The number of nitrogens with one attached hydrogen (secondary N) is 1. The fourth-order valence-corrected chi connectivity index (χ4v) is 2.17. The number of allylic oxidation sites excluding steroid dienone is 1. The Morgan fingerprint density at radius 2 is 1.80 bits per heavy atom. The van der Waals surface area contributed by atoms with Crippen molar-refractivity contribution in [3.63, 3.8) is 0 Å². The van der Waals surface area contributed by atoms with Crippen LogP contribution in [0.15, 0.2) is 55.1 Å². The van der Waals surface area contributed by atoms with Gasteiger partial charge >= 0.3 is 0 Å². The zero-order valence-electron chi connectivity index (χ0n) is 11.4. The Morgan fingerprint density at radius 1 is 1.05 bits per heavy atom. The lowest BCUT2D eigenvalue weighted by atomic mass is 10.1. The average molecular weight is 260 g/mol. The minimum Gasteiger partial charge on any atom is -0.277 e. The molecule has 0 bridgehead atoms. The number of hydrogen-bond donors (Lipinski definition) is 1. The first kappa shape index (κ1) is 12.4. The molecule has 0 radical (unpaired) electrons. The van der Waals surface area contributed by atoms with E-state index in [0.29, 0.717) is 0 Å². The van der Waals surface area contributed by atoms with Crippen molar-refractivity contribution in [2.45, 2.75) is 6.92 Å². The zero-order chi connectivity index (χ0) is 13.9. The van der Waals surface area contributed by atoms with E-state index in [1.807, 2.05) is 31.2 Å². The van der Waals surface area contributed by atoms with Crippen molar-refractivity contribution in [3.05, 3.63) is 71.9 Å². The summed E-state index contributed by atoms with van der Waals surface area (Å²) in [6, 6.07) is 16.5. The van der Waals surface area contributed by atoms with E-state index < -0.39 is 0 Å². The number of aromatic amines is 1. The number of rotatable bonds is 3. The Bertz CT molecular complexity index is 777. The Balaban J connectivity index is 1.88. The zero-order valence-corrected chi connectivity index (χ0v) is 11.4. The Kier molecular flexibility index (Phi) is 3.21. The van der Waals surface area contributed by atoms with Crippen molar-refractivity contribution >= 4 is 28.6 Å². The molecule has 1 aromatic heterocycles. The van der Waals surface area contributed by atoms with Crippen LogP contribution in [0.1, 0.15) is 23.7 Å². The van der Waals surface area contributed by atoms with Crippen LogP contribution in [0.3, 0.4) is 0 Å². The van der Waals surface area contributed by atoms with E-state index >= 15 is 0 Å². The van der Waals surface area contributed by atoms with Crippen LogP contribution in [0.25, 0.3) is 28.6 Å². The van der Waals surface area contributed by atoms with E-state index in [-0.39, 0.29) is 0 Å². The molecular formula is C18H16N2. The molecule has 0 atom stereocenters. The molecule has 1 heterocycles. The van der Waals surface area contributed by atoms with Crippen LogP contribution in [-0.2, 0) is 0 Å². The number of benzene rings is 2. The first-order valence-corrected chi connectivity index (χ1v) is 6.61. The predicted molar refractivity (Wildman–Crippen MR) is 86.2 cm³/mol. The predicted octanol–water partition coefficient (Wildman–Crippen LogP) is 4.77. The summed E-state index contributed by atoms with van der Waals surface area (Å²) in [6.07, 6.45) is 4.11. The van der Waals surface area contributed by atoms with Gasteiger partial charge in [-0.3, -0.25) is 5.10 Å². The van der Waals surface area contributed by atoms with Gasteiger partial charge in [-0.1, -0.05) is 60.7 Å². The second-order valence-corrected chi connectivity index (χ2v) is 4.89. The van der Waals surface area contributed by atoms with Crippen molar-refractivity contribution in [1.82, 2.24) is 10.2 Å². The van der Waals surface area contributed by atoms with Gasteiger partial charge in [-0.2, -0.15) is 5.10 Å². The average Bonchev–Trinajstić information content (AvgIpc) is 2.89. The minimum atomic E-state index is 0.963. The molecule has 0 fully saturated rings. The summed E-state index contributed by atoms with van der Waals surface area (Å²) in [7, 11) is 0. The van der Waals surface area contributed by atoms with Gasteiger partial charge in [0, 0.05) is 5.39 Å². The second kappa shape index (κ2) is 5.17. The molecule has 0 aliphatic rings. The fourth-order valence-electron chi connectivity index (χ4n) is 2.17. The molecule has 0 amide bonds. The van der Waals surface area contributed by atoms with Crippen molar-refractivity contribution in [3.8, 4) is 0 Å². The van der Waals surface area contributed by atoms with Gasteiger partial charge in [0.15, 0.2) is 0 Å². The summed E-state index contributed by atoms with van der Waals surface area (Å²) >= 11 is 0. The van der Waals surface area contributed by atoms with Crippen LogP contribution in [0, 0.1) is 0 Å². The minimum absolute atomic E-state index is 0.963. The molecule has 2 aromatic carbocycles. The molecule has 1 N–H and O–H groups in total. The Hall–Kier alpha value is -2.61. The summed E-state index contributed by atoms with van der Waals surface area (Å²) in [5.74, 6) is 0. The lowest BCUT2D eigenvalue weighted by molar-refractivity contribution is 1.11. The highest BCUT2D eigenvalue weighted by atomic mass is 15.1. The van der Waals surface area contributed by atoms with Crippen LogP contribution in [0.2, 0.25) is 0 Å². The standard InChI is InChI=1S/C18H16N2/c1-13(2)15-10-7-14(8-11-15)9-12-18-16-5-3-4-6-17(16)19-20-18/h3-12H,1H2,2H3,(H,19,20)/b12-9+. The lowest BCUT2D eigenvalue weighted by Gasteiger charge is -1.99. The highest BCUT2D eigenvalue weighted by Crippen LogP contribution is 2.18. The third-order valence-corrected chi connectivity index (χ3v) is 3.34. The number of hydrogen-bond acceptors (Lipinski definition) is 1. The molecule has 0 aliphatic heterocycles. The highest BCUT2D eigenvalue weighted by molar-refractivity contribution is 5.89. The monoisotopic (exact) mass is 260 g/mol. The maximum atomic E-state index is 4.33. The van der Waals surface area contributed by atoms with Crippen molar-refractivity contribution in [2.24, 2.45) is 0 Å². The van der Waals surface area contributed by atoms with Crippen LogP contribution in [0.4, 0.5) is 0 Å².